The first-order valence-corrected chi connectivity index (χ1v) is 7.79. The molecule has 5 heteroatoms. The van der Waals surface area contributed by atoms with Gasteiger partial charge in [-0.2, -0.15) is 0 Å². The summed E-state index contributed by atoms with van der Waals surface area (Å²) in [7, 11) is 1.63. The number of nitrogens with one attached hydrogen (secondary N) is 1. The molecule has 1 saturated heterocycles. The van der Waals surface area contributed by atoms with Crippen LogP contribution in [0.15, 0.2) is 0 Å². The lowest BCUT2D eigenvalue weighted by Crippen LogP contribution is -2.62. The van der Waals surface area contributed by atoms with Gasteiger partial charge in [-0.15, -0.1) is 0 Å². The van der Waals surface area contributed by atoms with E-state index in [-0.39, 0.29) is 17.9 Å². The van der Waals surface area contributed by atoms with Crippen LogP contribution in [0.3, 0.4) is 0 Å². The Balaban J connectivity index is 2.14. The number of nitrogens with two attached hydrogens (primary N) is 1. The van der Waals surface area contributed by atoms with Gasteiger partial charge >= 0.3 is 0 Å². The van der Waals surface area contributed by atoms with Crippen LogP contribution in [0.4, 0.5) is 0 Å². The molecule has 0 aromatic rings. The average molecular weight is 281 g/mol. The fraction of sp³-hybridized carbons (Fsp3) is 0.867. The molecule has 3 atom stereocenters. The summed E-state index contributed by atoms with van der Waals surface area (Å²) < 4.78 is 0. The third-order valence-electron chi connectivity index (χ3n) is 4.77. The molecular weight excluding hydrogens is 254 g/mol. The molecule has 2 aliphatic rings. The van der Waals surface area contributed by atoms with Gasteiger partial charge in [0.05, 0.1) is 5.54 Å². The second kappa shape index (κ2) is 6.12. The number of hydrogen-bond acceptors (Lipinski definition) is 3. The molecule has 1 saturated carbocycles. The highest BCUT2D eigenvalue weighted by Crippen LogP contribution is 2.33. The van der Waals surface area contributed by atoms with E-state index in [1.54, 1.807) is 11.9 Å². The zero-order chi connectivity index (χ0) is 14.8. The Morgan fingerprint density at radius 3 is 2.65 bits per heavy atom. The number of carbonyl (C=O) groups is 2. The SMILES string of the molecule is CNC(=O)C1CCCCN1C(=O)C1(N)CCCC(C)C1. The monoisotopic (exact) mass is 281 g/mol. The predicted octanol–water partition coefficient (Wildman–Crippen LogP) is 1.02. The summed E-state index contributed by atoms with van der Waals surface area (Å²) in [6.45, 7) is 2.81. The summed E-state index contributed by atoms with van der Waals surface area (Å²) >= 11 is 0. The molecule has 3 unspecified atom stereocenters. The second-order valence-electron chi connectivity index (χ2n) is 6.48. The van der Waals surface area contributed by atoms with Crippen molar-refractivity contribution in [3.8, 4) is 0 Å². The Kier molecular flexibility index (Phi) is 4.68. The molecule has 0 radical (unpaired) electrons. The van der Waals surface area contributed by atoms with E-state index in [1.165, 1.54) is 0 Å². The van der Waals surface area contributed by atoms with Crippen molar-refractivity contribution in [2.75, 3.05) is 13.6 Å². The van der Waals surface area contributed by atoms with Gasteiger partial charge in [0.15, 0.2) is 0 Å². The minimum absolute atomic E-state index is 0.0163. The third-order valence-corrected chi connectivity index (χ3v) is 4.77. The fourth-order valence-electron chi connectivity index (χ4n) is 3.69. The van der Waals surface area contributed by atoms with Crippen molar-refractivity contribution in [3.63, 3.8) is 0 Å². The molecule has 2 amide bonds. The van der Waals surface area contributed by atoms with Gasteiger partial charge < -0.3 is 16.0 Å². The highest BCUT2D eigenvalue weighted by atomic mass is 16.2. The quantitative estimate of drug-likeness (QED) is 0.793. The number of likely N-dealkylation sites (tertiary alicyclic amines) is 1. The Bertz CT molecular complexity index is 385. The molecule has 2 rings (SSSR count). The van der Waals surface area contributed by atoms with Crippen LogP contribution in [0.5, 0.6) is 0 Å². The van der Waals surface area contributed by atoms with E-state index in [2.05, 4.69) is 12.2 Å². The van der Waals surface area contributed by atoms with Gasteiger partial charge in [-0.25, -0.2) is 0 Å². The number of piperidine rings is 1. The summed E-state index contributed by atoms with van der Waals surface area (Å²) in [5.74, 6) is 0.406. The highest BCUT2D eigenvalue weighted by molar-refractivity contribution is 5.92. The second-order valence-corrected chi connectivity index (χ2v) is 6.48. The van der Waals surface area contributed by atoms with Crippen molar-refractivity contribution in [2.45, 2.75) is 63.5 Å². The Morgan fingerprint density at radius 2 is 2.00 bits per heavy atom. The summed E-state index contributed by atoms with van der Waals surface area (Å²) in [6, 6.07) is -0.334. The molecule has 0 aromatic carbocycles. The van der Waals surface area contributed by atoms with Gasteiger partial charge in [-0.05, 0) is 38.0 Å². The maximum atomic E-state index is 12.9. The predicted molar refractivity (Wildman–Crippen MR) is 78.0 cm³/mol. The molecule has 0 bridgehead atoms. The van der Waals surface area contributed by atoms with Crippen LogP contribution in [-0.2, 0) is 9.59 Å². The van der Waals surface area contributed by atoms with Crippen molar-refractivity contribution in [2.24, 2.45) is 11.7 Å². The summed E-state index contributed by atoms with van der Waals surface area (Å²) in [5.41, 5.74) is 5.64. The number of nitrogens with zero attached hydrogens (tertiary/aromatic N) is 1. The Morgan fingerprint density at radius 1 is 1.25 bits per heavy atom. The van der Waals surface area contributed by atoms with Crippen molar-refractivity contribution in [3.05, 3.63) is 0 Å². The summed E-state index contributed by atoms with van der Waals surface area (Å²) in [5, 5.41) is 2.67. The lowest BCUT2D eigenvalue weighted by Gasteiger charge is -2.43. The minimum Gasteiger partial charge on any atom is -0.357 e. The smallest absolute Gasteiger partial charge is 0.243 e. The first kappa shape index (κ1) is 15.3. The molecule has 3 N–H and O–H groups in total. The zero-order valence-electron chi connectivity index (χ0n) is 12.7. The number of carbonyl (C=O) groups excluding carboxylic acids is 2. The van der Waals surface area contributed by atoms with Gasteiger partial charge in [-0.1, -0.05) is 19.8 Å². The summed E-state index contributed by atoms with van der Waals surface area (Å²) in [4.78, 5) is 26.6. The molecule has 2 fully saturated rings. The molecule has 114 valence electrons. The first-order chi connectivity index (χ1) is 9.48. The first-order valence-electron chi connectivity index (χ1n) is 7.79. The van der Waals surface area contributed by atoms with Gasteiger partial charge in [-0.3, -0.25) is 9.59 Å². The van der Waals surface area contributed by atoms with Gasteiger partial charge in [0.1, 0.15) is 6.04 Å². The minimum atomic E-state index is -0.763. The lowest BCUT2D eigenvalue weighted by atomic mass is 9.75. The number of amides is 2. The topological polar surface area (TPSA) is 75.4 Å². The number of hydrogen-bond donors (Lipinski definition) is 2. The highest BCUT2D eigenvalue weighted by Gasteiger charge is 2.44. The van der Waals surface area contributed by atoms with Crippen LogP contribution in [0.25, 0.3) is 0 Å². The molecule has 0 spiro atoms. The Hall–Kier alpha value is -1.10. The third kappa shape index (κ3) is 2.97. The van der Waals surface area contributed by atoms with E-state index in [4.69, 9.17) is 5.73 Å². The maximum Gasteiger partial charge on any atom is 0.243 e. The van der Waals surface area contributed by atoms with Crippen molar-refractivity contribution >= 4 is 11.8 Å². The zero-order valence-corrected chi connectivity index (χ0v) is 12.7. The van der Waals surface area contributed by atoms with E-state index in [1.807, 2.05) is 0 Å². The molecule has 5 nitrogen and oxygen atoms in total. The van der Waals surface area contributed by atoms with E-state index in [0.717, 1.165) is 44.9 Å². The van der Waals surface area contributed by atoms with Crippen LogP contribution >= 0.6 is 0 Å². The Labute approximate surface area is 121 Å². The van der Waals surface area contributed by atoms with Gasteiger partial charge in [0.2, 0.25) is 11.8 Å². The normalized spacial score (nSPS) is 34.6. The van der Waals surface area contributed by atoms with Gasteiger partial charge in [0.25, 0.3) is 0 Å². The van der Waals surface area contributed by atoms with Crippen molar-refractivity contribution in [1.29, 1.82) is 0 Å². The molecule has 1 heterocycles. The van der Waals surface area contributed by atoms with Crippen molar-refractivity contribution < 1.29 is 9.59 Å². The van der Waals surface area contributed by atoms with Crippen LogP contribution in [0.2, 0.25) is 0 Å². The number of rotatable bonds is 2. The lowest BCUT2D eigenvalue weighted by molar-refractivity contribution is -0.147. The average Bonchev–Trinajstić information content (AvgIpc) is 2.45. The molecule has 20 heavy (non-hydrogen) atoms. The van der Waals surface area contributed by atoms with Crippen LogP contribution in [-0.4, -0.2) is 41.9 Å². The van der Waals surface area contributed by atoms with Crippen LogP contribution < -0.4 is 11.1 Å². The standard InChI is InChI=1S/C15H27N3O2/c1-11-6-5-8-15(16,10-11)14(20)18-9-4-3-7-12(18)13(19)17-2/h11-12H,3-10,16H2,1-2H3,(H,17,19). The van der Waals surface area contributed by atoms with E-state index in [0.29, 0.717) is 12.5 Å². The van der Waals surface area contributed by atoms with Crippen LogP contribution in [0.1, 0.15) is 51.9 Å². The molecule has 1 aliphatic carbocycles. The molecule has 1 aliphatic heterocycles. The summed E-state index contributed by atoms with van der Waals surface area (Å²) in [6.07, 6.45) is 6.33. The largest absolute Gasteiger partial charge is 0.357 e. The van der Waals surface area contributed by atoms with E-state index < -0.39 is 5.54 Å². The van der Waals surface area contributed by atoms with Crippen molar-refractivity contribution in [1.82, 2.24) is 10.2 Å². The van der Waals surface area contributed by atoms with E-state index in [9.17, 15) is 9.59 Å². The van der Waals surface area contributed by atoms with Gasteiger partial charge in [0, 0.05) is 13.6 Å². The molecular formula is C15H27N3O2. The van der Waals surface area contributed by atoms with E-state index >= 15 is 0 Å². The number of likely N-dealkylation sites (N-methyl/N-ethyl adjacent to an activating group) is 1. The van der Waals surface area contributed by atoms with Crippen LogP contribution in [0, 0.1) is 5.92 Å². The maximum absolute atomic E-state index is 12.9. The molecule has 0 aromatic heterocycles. The fourth-order valence-corrected chi connectivity index (χ4v) is 3.69.